The number of hydrogen-bond donors (Lipinski definition) is 2. The standard InChI is InChI=1S/C17H22N2/c1-17-10-4-5-11-19(17)12-6-8-14-13-7-2-3-9-15(13)18-16(14)17/h2-3,7,9,18H,4-6,8,10-12H2,1H3/p+1/t17-/m0/s1. The molecule has 2 atom stereocenters. The van der Waals surface area contributed by atoms with Crippen molar-refractivity contribution in [1.82, 2.24) is 4.98 Å². The van der Waals surface area contributed by atoms with Crippen molar-refractivity contribution in [2.45, 2.75) is 44.6 Å². The van der Waals surface area contributed by atoms with Gasteiger partial charge in [0.05, 0.1) is 18.8 Å². The van der Waals surface area contributed by atoms with Crippen molar-refractivity contribution < 1.29 is 4.90 Å². The van der Waals surface area contributed by atoms with Gasteiger partial charge in [-0.25, -0.2) is 0 Å². The highest BCUT2D eigenvalue weighted by Crippen LogP contribution is 2.35. The van der Waals surface area contributed by atoms with Crippen molar-refractivity contribution in [3.05, 3.63) is 35.5 Å². The van der Waals surface area contributed by atoms with Crippen LogP contribution >= 0.6 is 0 Å². The molecule has 100 valence electrons. The van der Waals surface area contributed by atoms with Crippen LogP contribution in [0.1, 0.15) is 43.9 Å². The van der Waals surface area contributed by atoms with E-state index in [1.165, 1.54) is 56.1 Å². The summed E-state index contributed by atoms with van der Waals surface area (Å²) in [6.45, 7) is 5.18. The molecule has 1 saturated heterocycles. The Morgan fingerprint density at radius 2 is 1.95 bits per heavy atom. The van der Waals surface area contributed by atoms with Crippen LogP contribution in [0.25, 0.3) is 10.9 Å². The lowest BCUT2D eigenvalue weighted by Crippen LogP contribution is -3.19. The summed E-state index contributed by atoms with van der Waals surface area (Å²) in [6.07, 6.45) is 6.70. The zero-order chi connectivity index (χ0) is 12.9. The van der Waals surface area contributed by atoms with Gasteiger partial charge in [-0.3, -0.25) is 0 Å². The molecule has 1 aromatic heterocycles. The number of quaternary nitrogens is 1. The zero-order valence-corrected chi connectivity index (χ0v) is 11.8. The van der Waals surface area contributed by atoms with Gasteiger partial charge in [-0.05, 0) is 37.8 Å². The van der Waals surface area contributed by atoms with E-state index in [1.54, 1.807) is 11.3 Å². The molecule has 2 aromatic rings. The van der Waals surface area contributed by atoms with Gasteiger partial charge in [0, 0.05) is 23.7 Å². The van der Waals surface area contributed by atoms with Crippen LogP contribution in [-0.4, -0.2) is 18.1 Å². The van der Waals surface area contributed by atoms with Crippen molar-refractivity contribution in [2.75, 3.05) is 13.1 Å². The van der Waals surface area contributed by atoms with Gasteiger partial charge in [0.1, 0.15) is 5.54 Å². The number of rotatable bonds is 0. The molecule has 2 aliphatic rings. The summed E-state index contributed by atoms with van der Waals surface area (Å²) in [4.78, 5) is 5.58. The van der Waals surface area contributed by atoms with E-state index >= 15 is 0 Å². The van der Waals surface area contributed by atoms with Gasteiger partial charge in [0.25, 0.3) is 0 Å². The van der Waals surface area contributed by atoms with Crippen LogP contribution in [0.5, 0.6) is 0 Å². The predicted octanol–water partition coefficient (Wildman–Crippen LogP) is 2.40. The van der Waals surface area contributed by atoms with E-state index in [0.717, 1.165) is 0 Å². The van der Waals surface area contributed by atoms with Gasteiger partial charge in [-0.1, -0.05) is 18.2 Å². The van der Waals surface area contributed by atoms with Gasteiger partial charge < -0.3 is 9.88 Å². The molecule has 3 heterocycles. The lowest BCUT2D eigenvalue weighted by molar-refractivity contribution is -0.964. The van der Waals surface area contributed by atoms with E-state index < -0.39 is 0 Å². The van der Waals surface area contributed by atoms with Crippen molar-refractivity contribution in [3.8, 4) is 0 Å². The number of fused-ring (bicyclic) bond motifs is 5. The number of aromatic nitrogens is 1. The first kappa shape index (κ1) is 11.5. The number of H-pyrrole nitrogens is 1. The molecule has 0 aliphatic carbocycles. The normalized spacial score (nSPS) is 30.7. The molecular weight excluding hydrogens is 232 g/mol. The van der Waals surface area contributed by atoms with E-state index in [1.807, 2.05) is 4.90 Å². The third kappa shape index (κ3) is 1.59. The summed E-state index contributed by atoms with van der Waals surface area (Å²) in [5.41, 5.74) is 4.81. The quantitative estimate of drug-likeness (QED) is 0.721. The maximum atomic E-state index is 3.77. The number of aromatic amines is 1. The third-order valence-electron chi connectivity index (χ3n) is 5.46. The second-order valence-electron chi connectivity index (χ2n) is 6.52. The number of para-hydroxylation sites is 1. The highest BCUT2D eigenvalue weighted by Gasteiger charge is 2.44. The minimum absolute atomic E-state index is 0.323. The van der Waals surface area contributed by atoms with E-state index in [-0.39, 0.29) is 0 Å². The van der Waals surface area contributed by atoms with Crippen LogP contribution in [0.3, 0.4) is 0 Å². The Balaban J connectivity index is 1.95. The molecule has 0 amide bonds. The average Bonchev–Trinajstić information content (AvgIpc) is 2.74. The first-order chi connectivity index (χ1) is 9.29. The number of piperidine rings is 1. The average molecular weight is 255 g/mol. The van der Waals surface area contributed by atoms with E-state index in [4.69, 9.17) is 0 Å². The lowest BCUT2D eigenvalue weighted by atomic mass is 9.84. The number of aryl methyl sites for hydroxylation is 1. The first-order valence-electron chi connectivity index (χ1n) is 7.74. The highest BCUT2D eigenvalue weighted by molar-refractivity contribution is 5.85. The molecule has 4 rings (SSSR count). The second kappa shape index (κ2) is 4.11. The summed E-state index contributed by atoms with van der Waals surface area (Å²) < 4.78 is 0. The molecule has 19 heavy (non-hydrogen) atoms. The van der Waals surface area contributed by atoms with E-state index in [2.05, 4.69) is 36.2 Å². The Labute approximate surface area is 114 Å². The van der Waals surface area contributed by atoms with Crippen molar-refractivity contribution in [3.63, 3.8) is 0 Å². The smallest absolute Gasteiger partial charge is 0.136 e. The molecule has 2 heteroatoms. The molecule has 0 saturated carbocycles. The minimum atomic E-state index is 0.323. The molecular formula is C17H23N2+. The molecule has 1 unspecified atom stereocenters. The Bertz CT molecular complexity index is 613. The van der Waals surface area contributed by atoms with E-state index in [9.17, 15) is 0 Å². The molecule has 1 aromatic carbocycles. The maximum absolute atomic E-state index is 3.77. The molecule has 0 bridgehead atoms. The molecule has 1 fully saturated rings. The van der Waals surface area contributed by atoms with Crippen LogP contribution in [0, 0.1) is 0 Å². The Kier molecular flexibility index (Phi) is 2.49. The summed E-state index contributed by atoms with van der Waals surface area (Å²) in [5.74, 6) is 0. The van der Waals surface area contributed by atoms with Gasteiger partial charge in [-0.2, -0.15) is 0 Å². The summed E-state index contributed by atoms with van der Waals surface area (Å²) >= 11 is 0. The third-order valence-corrected chi connectivity index (χ3v) is 5.46. The number of nitrogens with one attached hydrogen (secondary N) is 2. The summed E-state index contributed by atoms with van der Waals surface area (Å²) in [5, 5.41) is 1.46. The molecule has 2 nitrogen and oxygen atoms in total. The second-order valence-corrected chi connectivity index (χ2v) is 6.52. The Morgan fingerprint density at radius 3 is 2.89 bits per heavy atom. The Hall–Kier alpha value is -1.28. The van der Waals surface area contributed by atoms with Crippen molar-refractivity contribution >= 4 is 10.9 Å². The number of benzene rings is 1. The Morgan fingerprint density at radius 1 is 1.11 bits per heavy atom. The molecule has 0 radical (unpaired) electrons. The number of hydrogen-bond acceptors (Lipinski definition) is 0. The van der Waals surface area contributed by atoms with Crippen LogP contribution < -0.4 is 4.90 Å². The SMILES string of the molecule is C[C@@]12CCCC[NH+]1CCCc1c2[nH]c2ccccc12. The monoisotopic (exact) mass is 255 g/mol. The van der Waals surface area contributed by atoms with Crippen LogP contribution in [0.4, 0.5) is 0 Å². The van der Waals surface area contributed by atoms with Gasteiger partial charge in [0.2, 0.25) is 0 Å². The lowest BCUT2D eigenvalue weighted by Gasteiger charge is -2.40. The topological polar surface area (TPSA) is 20.2 Å². The van der Waals surface area contributed by atoms with Crippen LogP contribution in [0.2, 0.25) is 0 Å². The van der Waals surface area contributed by atoms with Gasteiger partial charge in [0.15, 0.2) is 0 Å². The highest BCUT2D eigenvalue weighted by atomic mass is 15.2. The zero-order valence-electron chi connectivity index (χ0n) is 11.8. The maximum Gasteiger partial charge on any atom is 0.136 e. The molecule has 2 aliphatic heterocycles. The fraction of sp³-hybridized carbons (Fsp3) is 0.529. The van der Waals surface area contributed by atoms with Crippen LogP contribution in [0.15, 0.2) is 24.3 Å². The van der Waals surface area contributed by atoms with E-state index in [0.29, 0.717) is 5.54 Å². The fourth-order valence-corrected chi connectivity index (χ4v) is 4.38. The summed E-state index contributed by atoms with van der Waals surface area (Å²) in [6, 6.07) is 8.85. The largest absolute Gasteiger partial charge is 0.353 e. The van der Waals surface area contributed by atoms with Crippen LogP contribution in [-0.2, 0) is 12.0 Å². The van der Waals surface area contributed by atoms with Gasteiger partial charge in [-0.15, -0.1) is 0 Å². The van der Waals surface area contributed by atoms with Crippen molar-refractivity contribution in [2.24, 2.45) is 0 Å². The predicted molar refractivity (Wildman–Crippen MR) is 78.5 cm³/mol. The van der Waals surface area contributed by atoms with Crippen molar-refractivity contribution in [1.29, 1.82) is 0 Å². The van der Waals surface area contributed by atoms with Gasteiger partial charge >= 0.3 is 0 Å². The first-order valence-corrected chi connectivity index (χ1v) is 7.74. The molecule has 2 N–H and O–H groups in total. The fourth-order valence-electron chi connectivity index (χ4n) is 4.38. The molecule has 0 spiro atoms. The minimum Gasteiger partial charge on any atom is -0.353 e. The summed E-state index contributed by atoms with van der Waals surface area (Å²) in [7, 11) is 0.